The van der Waals surface area contributed by atoms with Crippen LogP contribution in [0.3, 0.4) is 0 Å². The lowest BCUT2D eigenvalue weighted by Gasteiger charge is -2.42. The Hall–Kier alpha value is -1.19. The fraction of sp³-hybridized carbons (Fsp3) is 0.611. The van der Waals surface area contributed by atoms with Gasteiger partial charge in [-0.25, -0.2) is 0 Å². The highest BCUT2D eigenvalue weighted by molar-refractivity contribution is 5.97. The Balaban J connectivity index is 1.57. The van der Waals surface area contributed by atoms with Crippen LogP contribution in [0.5, 0.6) is 0 Å². The van der Waals surface area contributed by atoms with Crippen molar-refractivity contribution in [2.24, 2.45) is 0 Å². The van der Waals surface area contributed by atoms with Crippen LogP contribution in [0.2, 0.25) is 0 Å². The van der Waals surface area contributed by atoms with Gasteiger partial charge in [0.15, 0.2) is 5.78 Å². The largest absolute Gasteiger partial charge is 0.298 e. The number of aryl methyl sites for hydroxylation is 1. The third-order valence-corrected chi connectivity index (χ3v) is 5.14. The highest BCUT2D eigenvalue weighted by Gasteiger charge is 2.34. The molecule has 2 fully saturated rings. The molecule has 0 N–H and O–H groups in total. The van der Waals surface area contributed by atoms with E-state index >= 15 is 0 Å². The normalized spacial score (nSPS) is 26.8. The summed E-state index contributed by atoms with van der Waals surface area (Å²) < 4.78 is 0. The average Bonchev–Trinajstić information content (AvgIpc) is 2.92. The zero-order valence-electron chi connectivity index (χ0n) is 13.2. The maximum atomic E-state index is 12.4. The van der Waals surface area contributed by atoms with Crippen molar-refractivity contribution in [1.29, 1.82) is 0 Å². The van der Waals surface area contributed by atoms with Crippen LogP contribution < -0.4 is 0 Å². The molecule has 3 rings (SSSR count). The molecule has 0 spiro atoms. The Morgan fingerprint density at radius 2 is 2.10 bits per heavy atom. The van der Waals surface area contributed by atoms with Crippen molar-refractivity contribution in [3.05, 3.63) is 35.4 Å². The van der Waals surface area contributed by atoms with Gasteiger partial charge in [-0.3, -0.25) is 14.6 Å². The van der Waals surface area contributed by atoms with Gasteiger partial charge in [0.25, 0.3) is 0 Å². The van der Waals surface area contributed by atoms with E-state index < -0.39 is 0 Å². The smallest absolute Gasteiger partial charge is 0.164 e. The zero-order valence-corrected chi connectivity index (χ0v) is 13.2. The van der Waals surface area contributed by atoms with Gasteiger partial charge in [-0.2, -0.15) is 0 Å². The summed E-state index contributed by atoms with van der Waals surface area (Å²) in [7, 11) is 0. The van der Waals surface area contributed by atoms with Gasteiger partial charge in [0.05, 0.1) is 0 Å². The lowest BCUT2D eigenvalue weighted by atomic mass is 10.0. The van der Waals surface area contributed by atoms with Crippen LogP contribution in [0.1, 0.15) is 42.1 Å². The van der Waals surface area contributed by atoms with Gasteiger partial charge in [0, 0.05) is 43.7 Å². The average molecular weight is 286 g/mol. The fourth-order valence-corrected chi connectivity index (χ4v) is 3.83. The van der Waals surface area contributed by atoms with Crippen LogP contribution >= 0.6 is 0 Å². The number of carbonyl (C=O) groups excluding carboxylic acids is 1. The highest BCUT2D eigenvalue weighted by atomic mass is 16.1. The van der Waals surface area contributed by atoms with Gasteiger partial charge in [-0.05, 0) is 38.8 Å². The van der Waals surface area contributed by atoms with Crippen molar-refractivity contribution in [3.63, 3.8) is 0 Å². The van der Waals surface area contributed by atoms with Gasteiger partial charge in [0.1, 0.15) is 0 Å². The Morgan fingerprint density at radius 3 is 2.90 bits per heavy atom. The summed E-state index contributed by atoms with van der Waals surface area (Å²) in [5.74, 6) is 0.286. The maximum absolute atomic E-state index is 12.4. The Labute approximate surface area is 127 Å². The van der Waals surface area contributed by atoms with E-state index in [4.69, 9.17) is 0 Å². The first-order chi connectivity index (χ1) is 10.1. The van der Waals surface area contributed by atoms with E-state index in [1.807, 2.05) is 31.2 Å². The van der Waals surface area contributed by atoms with Gasteiger partial charge < -0.3 is 0 Å². The fourth-order valence-electron chi connectivity index (χ4n) is 3.83. The molecule has 2 atom stereocenters. The summed E-state index contributed by atoms with van der Waals surface area (Å²) in [4.78, 5) is 17.6. The van der Waals surface area contributed by atoms with Crippen LogP contribution in [-0.4, -0.2) is 53.8 Å². The van der Waals surface area contributed by atoms with Crippen molar-refractivity contribution in [3.8, 4) is 0 Å². The van der Waals surface area contributed by atoms with E-state index in [0.29, 0.717) is 12.5 Å². The molecule has 0 bridgehead atoms. The number of piperazine rings is 1. The zero-order chi connectivity index (χ0) is 14.8. The molecule has 1 aromatic carbocycles. The molecular formula is C18H26N2O. The first-order valence-corrected chi connectivity index (χ1v) is 8.22. The number of Topliss-reactive ketones (excluding diaryl/α,β-unsaturated/α-hetero) is 1. The van der Waals surface area contributed by atoms with Crippen LogP contribution in [0, 0.1) is 6.92 Å². The summed E-state index contributed by atoms with van der Waals surface area (Å²) in [6.45, 7) is 8.80. The Bertz CT molecular complexity index is 514. The molecule has 0 radical (unpaired) electrons. The minimum absolute atomic E-state index is 0.286. The number of hydrogen-bond donors (Lipinski definition) is 0. The van der Waals surface area contributed by atoms with E-state index in [-0.39, 0.29) is 5.78 Å². The first-order valence-electron chi connectivity index (χ1n) is 8.22. The van der Waals surface area contributed by atoms with Crippen LogP contribution in [0.15, 0.2) is 24.3 Å². The van der Waals surface area contributed by atoms with E-state index in [1.54, 1.807) is 0 Å². The quantitative estimate of drug-likeness (QED) is 0.795. The molecule has 2 aliphatic heterocycles. The van der Waals surface area contributed by atoms with E-state index in [0.717, 1.165) is 30.3 Å². The van der Waals surface area contributed by atoms with Gasteiger partial charge in [-0.15, -0.1) is 0 Å². The van der Waals surface area contributed by atoms with Crippen molar-refractivity contribution in [2.75, 3.05) is 26.2 Å². The summed E-state index contributed by atoms with van der Waals surface area (Å²) >= 11 is 0. The molecule has 0 saturated carbocycles. The molecule has 21 heavy (non-hydrogen) atoms. The number of carbonyl (C=O) groups is 1. The number of rotatable bonds is 4. The lowest BCUT2D eigenvalue weighted by molar-refractivity contribution is 0.0567. The van der Waals surface area contributed by atoms with E-state index in [1.165, 1.54) is 25.9 Å². The predicted octanol–water partition coefficient (Wildman–Crippen LogP) is 2.74. The molecule has 3 nitrogen and oxygen atoms in total. The molecule has 2 heterocycles. The Morgan fingerprint density at radius 1 is 1.29 bits per heavy atom. The van der Waals surface area contributed by atoms with Gasteiger partial charge in [0.2, 0.25) is 0 Å². The van der Waals surface area contributed by atoms with Gasteiger partial charge >= 0.3 is 0 Å². The monoisotopic (exact) mass is 286 g/mol. The maximum Gasteiger partial charge on any atom is 0.164 e. The second-order valence-electron chi connectivity index (χ2n) is 6.62. The van der Waals surface area contributed by atoms with Gasteiger partial charge in [-0.1, -0.05) is 24.3 Å². The molecule has 2 saturated heterocycles. The molecule has 1 aromatic rings. The Kier molecular flexibility index (Phi) is 4.41. The van der Waals surface area contributed by atoms with E-state index in [2.05, 4.69) is 16.7 Å². The summed E-state index contributed by atoms with van der Waals surface area (Å²) in [5, 5.41) is 0. The second kappa shape index (κ2) is 6.29. The first kappa shape index (κ1) is 14.7. The number of benzene rings is 1. The number of fused-ring (bicyclic) bond motifs is 1. The molecular weight excluding hydrogens is 260 g/mol. The van der Waals surface area contributed by atoms with Crippen LogP contribution in [-0.2, 0) is 0 Å². The van der Waals surface area contributed by atoms with Crippen molar-refractivity contribution < 1.29 is 4.79 Å². The third kappa shape index (κ3) is 3.19. The SMILES string of the molecule is Cc1ccccc1C(=O)CCN1CC2CCCN2CC1C. The molecule has 114 valence electrons. The van der Waals surface area contributed by atoms with Crippen molar-refractivity contribution >= 4 is 5.78 Å². The topological polar surface area (TPSA) is 23.6 Å². The number of ketones is 1. The number of hydrogen-bond acceptors (Lipinski definition) is 3. The van der Waals surface area contributed by atoms with E-state index in [9.17, 15) is 4.79 Å². The standard InChI is InChI=1S/C18H26N2O/c1-14-6-3-4-8-17(14)18(21)9-11-19-13-16-7-5-10-20(16)12-15(19)2/h3-4,6,8,15-16H,5,7,9-13H2,1-2H3. The molecule has 3 heteroatoms. The molecule has 2 unspecified atom stereocenters. The minimum Gasteiger partial charge on any atom is -0.298 e. The molecule has 0 amide bonds. The third-order valence-electron chi connectivity index (χ3n) is 5.14. The summed E-state index contributed by atoms with van der Waals surface area (Å²) in [5.41, 5.74) is 1.99. The molecule has 0 aromatic heterocycles. The second-order valence-corrected chi connectivity index (χ2v) is 6.62. The molecule has 0 aliphatic carbocycles. The number of nitrogens with zero attached hydrogens (tertiary/aromatic N) is 2. The molecule has 2 aliphatic rings. The lowest BCUT2D eigenvalue weighted by Crippen LogP contribution is -2.55. The predicted molar refractivity (Wildman–Crippen MR) is 85.8 cm³/mol. The van der Waals surface area contributed by atoms with Crippen molar-refractivity contribution in [1.82, 2.24) is 9.80 Å². The van der Waals surface area contributed by atoms with Crippen LogP contribution in [0.25, 0.3) is 0 Å². The highest BCUT2D eigenvalue weighted by Crippen LogP contribution is 2.24. The summed E-state index contributed by atoms with van der Waals surface area (Å²) in [6, 6.07) is 9.23. The van der Waals surface area contributed by atoms with Crippen molar-refractivity contribution in [2.45, 2.75) is 45.2 Å². The minimum atomic E-state index is 0.286. The summed E-state index contributed by atoms with van der Waals surface area (Å²) in [6.07, 6.45) is 3.31. The van der Waals surface area contributed by atoms with Crippen LogP contribution in [0.4, 0.5) is 0 Å².